The molecule has 0 unspecified atom stereocenters. The van der Waals surface area contributed by atoms with Gasteiger partial charge in [-0.25, -0.2) is 0 Å². The molecule has 9 atom stereocenters. The fourth-order valence-corrected chi connectivity index (χ4v) is 4.00. The highest BCUT2D eigenvalue weighted by Gasteiger charge is 2.55. The molecule has 0 aliphatic carbocycles. The minimum Gasteiger partial charge on any atom is -0.463 e. The molecule has 1 N–H and O–H groups in total. The summed E-state index contributed by atoms with van der Waals surface area (Å²) in [5.74, 6) is -4.87. The van der Waals surface area contributed by atoms with Crippen LogP contribution in [0.25, 0.3) is 0 Å². The van der Waals surface area contributed by atoms with Gasteiger partial charge >= 0.3 is 35.8 Å². The van der Waals surface area contributed by atoms with Crippen molar-refractivity contribution in [3.63, 3.8) is 0 Å². The zero-order chi connectivity index (χ0) is 29.4. The van der Waals surface area contributed by atoms with Gasteiger partial charge in [-0.15, -0.1) is 0 Å². The van der Waals surface area contributed by atoms with Gasteiger partial charge in [-0.05, 0) is 0 Å². The molecule has 220 valence electrons. The van der Waals surface area contributed by atoms with Crippen molar-refractivity contribution in [2.24, 2.45) is 0 Å². The van der Waals surface area contributed by atoms with Crippen LogP contribution >= 0.6 is 0 Å². The van der Waals surface area contributed by atoms with Crippen LogP contribution in [0, 0.1) is 0 Å². The quantitative estimate of drug-likeness (QED) is 0.254. The third-order valence-electron chi connectivity index (χ3n) is 5.26. The molecular weight excluding hydrogens is 532 g/mol. The highest BCUT2D eigenvalue weighted by molar-refractivity contribution is 5.69. The van der Waals surface area contributed by atoms with Gasteiger partial charge in [0.15, 0.2) is 49.2 Å². The van der Waals surface area contributed by atoms with Gasteiger partial charge in [-0.2, -0.15) is 0 Å². The van der Waals surface area contributed by atoms with Gasteiger partial charge in [0.2, 0.25) is 0 Å². The Labute approximate surface area is 223 Å². The van der Waals surface area contributed by atoms with Gasteiger partial charge < -0.3 is 47.7 Å². The molecule has 16 nitrogen and oxygen atoms in total. The Morgan fingerprint density at radius 3 is 1.64 bits per heavy atom. The van der Waals surface area contributed by atoms with Gasteiger partial charge in [0.05, 0.1) is 6.61 Å². The molecule has 0 aromatic carbocycles. The van der Waals surface area contributed by atoms with E-state index in [1.165, 1.54) is 0 Å². The Hall–Kier alpha value is -3.34. The van der Waals surface area contributed by atoms with Crippen molar-refractivity contribution in [1.29, 1.82) is 0 Å². The molecule has 2 aliphatic rings. The topological polar surface area (TPSA) is 206 Å². The summed E-state index contributed by atoms with van der Waals surface area (Å²) in [7, 11) is 0. The molecule has 0 bridgehead atoms. The smallest absolute Gasteiger partial charge is 0.303 e. The summed E-state index contributed by atoms with van der Waals surface area (Å²) >= 11 is 0. The lowest BCUT2D eigenvalue weighted by atomic mass is 9.97. The number of esters is 6. The fourth-order valence-electron chi connectivity index (χ4n) is 4.00. The largest absolute Gasteiger partial charge is 0.463 e. The summed E-state index contributed by atoms with van der Waals surface area (Å²) in [5.41, 5.74) is 0. The van der Waals surface area contributed by atoms with E-state index in [0.717, 1.165) is 41.5 Å². The molecule has 0 amide bonds. The first-order valence-electron chi connectivity index (χ1n) is 11.8. The first kappa shape index (κ1) is 31.9. The van der Waals surface area contributed by atoms with Crippen molar-refractivity contribution in [3.05, 3.63) is 0 Å². The maximum atomic E-state index is 12.0. The molecule has 0 radical (unpaired) electrons. The van der Waals surface area contributed by atoms with Crippen LogP contribution in [-0.4, -0.2) is 109 Å². The van der Waals surface area contributed by atoms with Crippen molar-refractivity contribution in [2.45, 2.75) is 96.9 Å². The second-order valence-corrected chi connectivity index (χ2v) is 8.61. The molecule has 0 saturated carbocycles. The molecule has 2 heterocycles. The third-order valence-corrected chi connectivity index (χ3v) is 5.26. The van der Waals surface area contributed by atoms with Crippen molar-refractivity contribution in [3.8, 4) is 0 Å². The van der Waals surface area contributed by atoms with Crippen LogP contribution in [-0.2, 0) is 71.4 Å². The minimum atomic E-state index is -1.77. The molecule has 0 aromatic rings. The van der Waals surface area contributed by atoms with Crippen LogP contribution in [0.2, 0.25) is 0 Å². The number of rotatable bonds is 9. The highest BCUT2D eigenvalue weighted by Crippen LogP contribution is 2.33. The van der Waals surface area contributed by atoms with E-state index >= 15 is 0 Å². The average molecular weight is 564 g/mol. The molecule has 0 aromatic heterocycles. The Morgan fingerprint density at radius 2 is 1.13 bits per heavy atom. The Balaban J connectivity index is 2.53. The summed E-state index contributed by atoms with van der Waals surface area (Å²) in [6.45, 7) is 5.53. The first-order chi connectivity index (χ1) is 18.2. The molecule has 2 rings (SSSR count). The average Bonchev–Trinajstić information content (AvgIpc) is 2.78. The van der Waals surface area contributed by atoms with Crippen molar-refractivity contribution >= 4 is 35.8 Å². The van der Waals surface area contributed by atoms with Gasteiger partial charge in [0.1, 0.15) is 12.7 Å². The number of ether oxygens (including phenoxy) is 9. The molecule has 39 heavy (non-hydrogen) atoms. The molecule has 2 saturated heterocycles. The minimum absolute atomic E-state index is 0.364. The normalized spacial score (nSPS) is 32.2. The number of aliphatic hydroxyl groups excluding tert-OH is 1. The Morgan fingerprint density at radius 1 is 0.641 bits per heavy atom. The number of hydrogen-bond acceptors (Lipinski definition) is 16. The summed E-state index contributed by atoms with van der Waals surface area (Å²) in [5, 5.41) is 10.6. The van der Waals surface area contributed by atoms with Gasteiger partial charge in [-0.1, -0.05) is 0 Å². The maximum absolute atomic E-state index is 12.0. The second-order valence-electron chi connectivity index (χ2n) is 8.61. The molecule has 2 fully saturated rings. The van der Waals surface area contributed by atoms with Gasteiger partial charge in [0.25, 0.3) is 0 Å². The van der Waals surface area contributed by atoms with E-state index in [9.17, 15) is 33.9 Å². The lowest BCUT2D eigenvalue weighted by Gasteiger charge is -2.46. The van der Waals surface area contributed by atoms with Gasteiger partial charge in [-0.3, -0.25) is 28.8 Å². The maximum Gasteiger partial charge on any atom is 0.303 e. The van der Waals surface area contributed by atoms with Crippen LogP contribution in [0.3, 0.4) is 0 Å². The lowest BCUT2D eigenvalue weighted by Crippen LogP contribution is -2.65. The SMILES string of the molecule is CC(=O)OC[C@H]1O[C@@H](O[C@@H]2[C@@H](OC(C)=O)[C@H](OC(C)=O)CO[C@H]2O)[C@H](OC(C)=O)[C@@H](OC(C)=O)[C@@H]1OC(C)=O. The zero-order valence-corrected chi connectivity index (χ0v) is 22.2. The standard InChI is InChI=1S/C23H32O16/c1-9(24)31-7-16-17(34-11(3)26)19(36-13(5)28)21(37-14(6)29)23(38-16)39-20-18(35-12(4)27)15(33-10(2)25)8-32-22(20)30/h15-23,30H,7-8H2,1-6H3/t15-,16-,17-,18+,19+,20-,21-,22-,23+/m1/s1. The predicted molar refractivity (Wildman–Crippen MR) is 120 cm³/mol. The van der Waals surface area contributed by atoms with E-state index in [-0.39, 0.29) is 6.61 Å². The highest BCUT2D eigenvalue weighted by atomic mass is 16.8. The monoisotopic (exact) mass is 564 g/mol. The molecule has 2 aliphatic heterocycles. The third kappa shape index (κ3) is 9.42. The van der Waals surface area contributed by atoms with Crippen LogP contribution in [0.1, 0.15) is 41.5 Å². The number of carbonyl (C=O) groups is 6. The number of hydrogen-bond donors (Lipinski definition) is 1. The van der Waals surface area contributed by atoms with E-state index in [1.807, 2.05) is 0 Å². The summed E-state index contributed by atoms with van der Waals surface area (Å²) in [6.07, 6.45) is -13.7. The summed E-state index contributed by atoms with van der Waals surface area (Å²) < 4.78 is 48.2. The van der Waals surface area contributed by atoms with Crippen molar-refractivity contribution in [1.82, 2.24) is 0 Å². The van der Waals surface area contributed by atoms with E-state index in [0.29, 0.717) is 0 Å². The van der Waals surface area contributed by atoms with Crippen LogP contribution < -0.4 is 0 Å². The van der Waals surface area contributed by atoms with E-state index < -0.39 is 97.7 Å². The summed E-state index contributed by atoms with van der Waals surface area (Å²) in [6, 6.07) is 0. The van der Waals surface area contributed by atoms with Crippen LogP contribution in [0.4, 0.5) is 0 Å². The second kappa shape index (κ2) is 14.2. The Bertz CT molecular complexity index is 933. The number of aliphatic hydroxyl groups is 1. The van der Waals surface area contributed by atoms with E-state index in [1.54, 1.807) is 0 Å². The van der Waals surface area contributed by atoms with E-state index in [4.69, 9.17) is 42.6 Å². The predicted octanol–water partition coefficient (Wildman–Crippen LogP) is -1.33. The fraction of sp³-hybridized carbons (Fsp3) is 0.739. The lowest BCUT2D eigenvalue weighted by molar-refractivity contribution is -0.354. The molecular formula is C23H32O16. The Kier molecular flexibility index (Phi) is 11.6. The van der Waals surface area contributed by atoms with Crippen molar-refractivity contribution < 1.29 is 76.5 Å². The number of carbonyl (C=O) groups excluding carboxylic acids is 6. The molecule has 16 heteroatoms. The first-order valence-corrected chi connectivity index (χ1v) is 11.8. The summed E-state index contributed by atoms with van der Waals surface area (Å²) in [4.78, 5) is 70.7. The van der Waals surface area contributed by atoms with Crippen LogP contribution in [0.15, 0.2) is 0 Å². The van der Waals surface area contributed by atoms with Crippen LogP contribution in [0.5, 0.6) is 0 Å². The zero-order valence-electron chi connectivity index (χ0n) is 22.2. The van der Waals surface area contributed by atoms with Crippen molar-refractivity contribution in [2.75, 3.05) is 13.2 Å². The molecule has 0 spiro atoms. The van der Waals surface area contributed by atoms with Gasteiger partial charge in [0, 0.05) is 41.5 Å². The van der Waals surface area contributed by atoms with E-state index in [2.05, 4.69) is 0 Å².